The number of carboxylic acids is 1. The number of aromatic amines is 1. The number of hydrogen-bond donors (Lipinski definition) is 2. The summed E-state index contributed by atoms with van der Waals surface area (Å²) in [6.07, 6.45) is -0.00369. The quantitative estimate of drug-likeness (QED) is 0.844. The molecule has 1 aromatic heterocycles. The van der Waals surface area contributed by atoms with E-state index >= 15 is 0 Å². The average Bonchev–Trinajstić information content (AvgIpc) is 2.51. The van der Waals surface area contributed by atoms with E-state index < -0.39 is 5.97 Å². The van der Waals surface area contributed by atoms with E-state index in [2.05, 4.69) is 4.98 Å². The molecule has 0 spiro atoms. The molecule has 0 bridgehead atoms. The summed E-state index contributed by atoms with van der Waals surface area (Å²) in [5.74, 6) is -0.844. The number of benzene rings is 1. The first-order chi connectivity index (χ1) is 7.50. The molecular weight excluding hydrogens is 226 g/mol. The number of rotatable bonds is 2. The topological polar surface area (TPSA) is 53.1 Å². The molecule has 0 fully saturated rings. The number of nitrogens with one attached hydrogen (secondary N) is 1. The number of aliphatic carboxylic acids is 1. The summed E-state index contributed by atoms with van der Waals surface area (Å²) in [6.45, 7) is 3.86. The summed E-state index contributed by atoms with van der Waals surface area (Å²) in [7, 11) is 0. The molecule has 0 saturated heterocycles. The van der Waals surface area contributed by atoms with Crippen molar-refractivity contribution in [3.63, 3.8) is 0 Å². The van der Waals surface area contributed by atoms with Crippen molar-refractivity contribution in [3.8, 4) is 0 Å². The Morgan fingerprint density at radius 1 is 1.44 bits per heavy atom. The van der Waals surface area contributed by atoms with E-state index in [0.29, 0.717) is 5.02 Å². The van der Waals surface area contributed by atoms with Gasteiger partial charge in [0.2, 0.25) is 0 Å². The standard InChI is InChI=1S/C12H12ClNO2/c1-6-3-4-8(13)11-7(2)9(5-10(15)16)14-12(6)11/h3-4,14H,5H2,1-2H3,(H,15,16). The highest BCUT2D eigenvalue weighted by Crippen LogP contribution is 2.31. The minimum Gasteiger partial charge on any atom is -0.481 e. The Hall–Kier alpha value is -1.48. The predicted molar refractivity (Wildman–Crippen MR) is 64.1 cm³/mol. The lowest BCUT2D eigenvalue weighted by molar-refractivity contribution is -0.136. The Morgan fingerprint density at radius 2 is 2.12 bits per heavy atom. The van der Waals surface area contributed by atoms with Crippen molar-refractivity contribution < 1.29 is 9.90 Å². The molecule has 1 heterocycles. The van der Waals surface area contributed by atoms with Crippen molar-refractivity contribution in [1.29, 1.82) is 0 Å². The van der Waals surface area contributed by atoms with Gasteiger partial charge in [0.25, 0.3) is 0 Å². The first kappa shape index (κ1) is 11.0. The Balaban J connectivity index is 2.72. The van der Waals surface area contributed by atoms with Gasteiger partial charge < -0.3 is 10.1 Å². The number of H-pyrrole nitrogens is 1. The number of aromatic nitrogens is 1. The van der Waals surface area contributed by atoms with Gasteiger partial charge in [0.15, 0.2) is 0 Å². The summed E-state index contributed by atoms with van der Waals surface area (Å²) in [5, 5.41) is 10.4. The predicted octanol–water partition coefficient (Wildman–Crippen LogP) is 3.07. The van der Waals surface area contributed by atoms with E-state index in [4.69, 9.17) is 16.7 Å². The van der Waals surface area contributed by atoms with Crippen LogP contribution in [0.15, 0.2) is 12.1 Å². The summed E-state index contributed by atoms with van der Waals surface area (Å²) in [6, 6.07) is 3.76. The van der Waals surface area contributed by atoms with Crippen LogP contribution in [0, 0.1) is 13.8 Å². The van der Waals surface area contributed by atoms with Gasteiger partial charge in [-0.1, -0.05) is 17.7 Å². The molecule has 0 saturated carbocycles. The van der Waals surface area contributed by atoms with E-state index in [-0.39, 0.29) is 6.42 Å². The fraction of sp³-hybridized carbons (Fsp3) is 0.250. The van der Waals surface area contributed by atoms with Crippen LogP contribution in [0.5, 0.6) is 0 Å². The lowest BCUT2D eigenvalue weighted by Gasteiger charge is -1.98. The highest BCUT2D eigenvalue weighted by atomic mass is 35.5. The van der Waals surface area contributed by atoms with E-state index in [1.54, 1.807) is 0 Å². The van der Waals surface area contributed by atoms with Crippen LogP contribution in [0.2, 0.25) is 5.02 Å². The van der Waals surface area contributed by atoms with Crippen LogP contribution in [-0.2, 0) is 11.2 Å². The van der Waals surface area contributed by atoms with Crippen molar-refractivity contribution in [2.45, 2.75) is 20.3 Å². The summed E-state index contributed by atoms with van der Waals surface area (Å²) in [4.78, 5) is 13.9. The minimum absolute atomic E-state index is 0.00369. The molecule has 4 heteroatoms. The molecule has 0 unspecified atom stereocenters. The Bertz CT molecular complexity index is 572. The normalized spacial score (nSPS) is 10.9. The van der Waals surface area contributed by atoms with Crippen LogP contribution >= 0.6 is 11.6 Å². The molecule has 16 heavy (non-hydrogen) atoms. The van der Waals surface area contributed by atoms with Crippen molar-refractivity contribution in [2.75, 3.05) is 0 Å². The first-order valence-electron chi connectivity index (χ1n) is 4.98. The highest BCUT2D eigenvalue weighted by molar-refractivity contribution is 6.35. The lowest BCUT2D eigenvalue weighted by Crippen LogP contribution is -2.01. The van der Waals surface area contributed by atoms with Gasteiger partial charge in [0, 0.05) is 11.1 Å². The number of carbonyl (C=O) groups is 1. The fourth-order valence-corrected chi connectivity index (χ4v) is 2.23. The summed E-state index contributed by atoms with van der Waals surface area (Å²) in [5.41, 5.74) is 3.64. The largest absolute Gasteiger partial charge is 0.481 e. The Kier molecular flexibility index (Phi) is 2.64. The molecule has 84 valence electrons. The molecule has 0 aliphatic carbocycles. The maximum atomic E-state index is 10.7. The van der Waals surface area contributed by atoms with Gasteiger partial charge in [-0.3, -0.25) is 4.79 Å². The average molecular weight is 238 g/mol. The molecule has 0 radical (unpaired) electrons. The van der Waals surface area contributed by atoms with E-state index in [9.17, 15) is 4.79 Å². The number of carboxylic acid groups (broad SMARTS) is 1. The van der Waals surface area contributed by atoms with Crippen LogP contribution in [0.3, 0.4) is 0 Å². The van der Waals surface area contributed by atoms with Crippen LogP contribution in [0.1, 0.15) is 16.8 Å². The van der Waals surface area contributed by atoms with Crippen molar-refractivity contribution in [3.05, 3.63) is 34.0 Å². The second-order valence-electron chi connectivity index (χ2n) is 3.91. The molecular formula is C12H12ClNO2. The molecule has 1 aromatic carbocycles. The number of fused-ring (bicyclic) bond motifs is 1. The van der Waals surface area contributed by atoms with Crippen LogP contribution in [0.25, 0.3) is 10.9 Å². The zero-order valence-electron chi connectivity index (χ0n) is 9.10. The molecule has 0 aliphatic heterocycles. The van der Waals surface area contributed by atoms with Crippen molar-refractivity contribution in [2.24, 2.45) is 0 Å². The molecule has 2 rings (SSSR count). The van der Waals surface area contributed by atoms with E-state index in [0.717, 1.165) is 27.7 Å². The molecule has 0 atom stereocenters. The minimum atomic E-state index is -0.844. The zero-order chi connectivity index (χ0) is 11.9. The number of aryl methyl sites for hydroxylation is 2. The van der Waals surface area contributed by atoms with Gasteiger partial charge >= 0.3 is 5.97 Å². The van der Waals surface area contributed by atoms with Gasteiger partial charge in [0.1, 0.15) is 0 Å². The lowest BCUT2D eigenvalue weighted by atomic mass is 10.1. The van der Waals surface area contributed by atoms with Gasteiger partial charge in [0.05, 0.1) is 17.0 Å². The molecule has 0 aliphatic rings. The third-order valence-electron chi connectivity index (χ3n) is 2.79. The second kappa shape index (κ2) is 3.83. The third kappa shape index (κ3) is 1.67. The fourth-order valence-electron chi connectivity index (χ4n) is 1.93. The van der Waals surface area contributed by atoms with Crippen LogP contribution in [0.4, 0.5) is 0 Å². The van der Waals surface area contributed by atoms with Gasteiger partial charge in [-0.15, -0.1) is 0 Å². The second-order valence-corrected chi connectivity index (χ2v) is 4.32. The molecule has 0 amide bonds. The van der Waals surface area contributed by atoms with Gasteiger partial charge in [-0.25, -0.2) is 0 Å². The smallest absolute Gasteiger partial charge is 0.309 e. The summed E-state index contributed by atoms with van der Waals surface area (Å²) >= 11 is 6.12. The molecule has 2 N–H and O–H groups in total. The third-order valence-corrected chi connectivity index (χ3v) is 3.11. The Morgan fingerprint density at radius 3 is 2.69 bits per heavy atom. The maximum Gasteiger partial charge on any atom is 0.309 e. The van der Waals surface area contributed by atoms with Gasteiger partial charge in [-0.2, -0.15) is 0 Å². The first-order valence-corrected chi connectivity index (χ1v) is 5.36. The maximum absolute atomic E-state index is 10.7. The van der Waals surface area contributed by atoms with E-state index in [1.165, 1.54) is 0 Å². The van der Waals surface area contributed by atoms with Crippen molar-refractivity contribution >= 4 is 28.5 Å². The highest BCUT2D eigenvalue weighted by Gasteiger charge is 2.14. The molecule has 2 aromatic rings. The van der Waals surface area contributed by atoms with E-state index in [1.807, 2.05) is 26.0 Å². The van der Waals surface area contributed by atoms with Crippen LogP contribution < -0.4 is 0 Å². The van der Waals surface area contributed by atoms with Crippen LogP contribution in [-0.4, -0.2) is 16.1 Å². The van der Waals surface area contributed by atoms with Gasteiger partial charge in [-0.05, 0) is 31.0 Å². The SMILES string of the molecule is Cc1ccc(Cl)c2c(C)c(CC(=O)O)[nH]c12. The van der Waals surface area contributed by atoms with Crippen molar-refractivity contribution in [1.82, 2.24) is 4.98 Å². The number of halogens is 1. The monoisotopic (exact) mass is 237 g/mol. The summed E-state index contributed by atoms with van der Waals surface area (Å²) < 4.78 is 0. The number of hydrogen-bond acceptors (Lipinski definition) is 1. The zero-order valence-corrected chi connectivity index (χ0v) is 9.85. The molecule has 3 nitrogen and oxygen atoms in total. The Labute approximate surface area is 98.0 Å².